The molecule has 0 radical (unpaired) electrons. The zero-order valence-corrected chi connectivity index (χ0v) is 19.2. The molecule has 2 aromatic carbocycles. The molecule has 0 fully saturated rings. The van der Waals surface area contributed by atoms with Gasteiger partial charge in [-0.25, -0.2) is 0 Å². The van der Waals surface area contributed by atoms with E-state index in [4.69, 9.17) is 4.74 Å². The summed E-state index contributed by atoms with van der Waals surface area (Å²) >= 11 is 3.42. The molecule has 0 unspecified atom stereocenters. The maximum atomic E-state index is 13.0. The predicted molar refractivity (Wildman–Crippen MR) is 119 cm³/mol. The van der Waals surface area contributed by atoms with E-state index in [2.05, 4.69) is 21.2 Å². The average Bonchev–Trinajstić information content (AvgIpc) is 2.65. The summed E-state index contributed by atoms with van der Waals surface area (Å²) in [6, 6.07) is 12.9. The SMILES string of the molecule is Cc1ccc(OCC(=O)N(Cc2ccc(Br)cc2)[C@H](C)C(=O)NC(C)C)c(C)c1. The third-order valence-electron chi connectivity index (χ3n) is 4.55. The number of aryl methyl sites for hydroxylation is 2. The highest BCUT2D eigenvalue weighted by Gasteiger charge is 2.27. The molecule has 2 aromatic rings. The number of carbonyl (C=O) groups excluding carboxylic acids is 2. The van der Waals surface area contributed by atoms with Crippen molar-refractivity contribution in [2.45, 2.75) is 53.2 Å². The summed E-state index contributed by atoms with van der Waals surface area (Å²) in [5, 5.41) is 2.88. The van der Waals surface area contributed by atoms with E-state index in [1.807, 2.05) is 70.2 Å². The summed E-state index contributed by atoms with van der Waals surface area (Å²) in [6.07, 6.45) is 0. The number of benzene rings is 2. The molecule has 2 amide bonds. The van der Waals surface area contributed by atoms with Gasteiger partial charge in [-0.3, -0.25) is 9.59 Å². The lowest BCUT2D eigenvalue weighted by molar-refractivity contribution is -0.142. The summed E-state index contributed by atoms with van der Waals surface area (Å²) in [7, 11) is 0. The molecule has 0 aliphatic heterocycles. The summed E-state index contributed by atoms with van der Waals surface area (Å²) in [5.41, 5.74) is 3.05. The van der Waals surface area contributed by atoms with Gasteiger partial charge in [0.2, 0.25) is 5.91 Å². The Morgan fingerprint density at radius 1 is 1.07 bits per heavy atom. The van der Waals surface area contributed by atoms with E-state index in [0.717, 1.165) is 21.2 Å². The van der Waals surface area contributed by atoms with Gasteiger partial charge in [0.1, 0.15) is 11.8 Å². The highest BCUT2D eigenvalue weighted by Crippen LogP contribution is 2.19. The van der Waals surface area contributed by atoms with Gasteiger partial charge in [-0.2, -0.15) is 0 Å². The average molecular weight is 461 g/mol. The highest BCUT2D eigenvalue weighted by atomic mass is 79.9. The van der Waals surface area contributed by atoms with Gasteiger partial charge in [-0.1, -0.05) is 45.8 Å². The van der Waals surface area contributed by atoms with Gasteiger partial charge in [0.25, 0.3) is 5.91 Å². The van der Waals surface area contributed by atoms with Crippen LogP contribution < -0.4 is 10.1 Å². The number of hydrogen-bond donors (Lipinski definition) is 1. The first-order chi connectivity index (χ1) is 13.7. The van der Waals surface area contributed by atoms with Gasteiger partial charge in [0.15, 0.2) is 6.61 Å². The number of nitrogens with one attached hydrogen (secondary N) is 1. The van der Waals surface area contributed by atoms with Gasteiger partial charge in [-0.05, 0) is 63.9 Å². The Labute approximate surface area is 181 Å². The first-order valence-corrected chi connectivity index (χ1v) is 10.5. The smallest absolute Gasteiger partial charge is 0.261 e. The number of ether oxygens (including phenoxy) is 1. The molecular formula is C23H29BrN2O3. The van der Waals surface area contributed by atoms with Crippen molar-refractivity contribution in [2.24, 2.45) is 0 Å². The van der Waals surface area contributed by atoms with E-state index in [-0.39, 0.29) is 24.5 Å². The molecule has 0 saturated heterocycles. The molecule has 0 bridgehead atoms. The molecule has 6 heteroatoms. The number of carbonyl (C=O) groups is 2. The second-order valence-electron chi connectivity index (χ2n) is 7.54. The van der Waals surface area contributed by atoms with Crippen LogP contribution >= 0.6 is 15.9 Å². The second kappa shape index (κ2) is 10.4. The summed E-state index contributed by atoms with van der Waals surface area (Å²) in [6.45, 7) is 9.70. The Bertz CT molecular complexity index is 850. The zero-order valence-electron chi connectivity index (χ0n) is 17.7. The minimum atomic E-state index is -0.615. The van der Waals surface area contributed by atoms with Crippen LogP contribution in [0.5, 0.6) is 5.75 Å². The van der Waals surface area contributed by atoms with Crippen LogP contribution in [0.3, 0.4) is 0 Å². The minimum absolute atomic E-state index is 0.000964. The molecule has 5 nitrogen and oxygen atoms in total. The zero-order chi connectivity index (χ0) is 21.6. The lowest BCUT2D eigenvalue weighted by Crippen LogP contribution is -2.50. The van der Waals surface area contributed by atoms with Crippen LogP contribution in [-0.4, -0.2) is 35.4 Å². The molecule has 0 aliphatic rings. The van der Waals surface area contributed by atoms with Crippen molar-refractivity contribution >= 4 is 27.7 Å². The molecule has 0 spiro atoms. The van der Waals surface area contributed by atoms with Crippen LogP contribution in [0.25, 0.3) is 0 Å². The maximum Gasteiger partial charge on any atom is 0.261 e. The quantitative estimate of drug-likeness (QED) is 0.635. The lowest BCUT2D eigenvalue weighted by atomic mass is 10.1. The van der Waals surface area contributed by atoms with Crippen molar-refractivity contribution in [2.75, 3.05) is 6.61 Å². The molecule has 1 N–H and O–H groups in total. The number of nitrogens with zero attached hydrogens (tertiary/aromatic N) is 1. The second-order valence-corrected chi connectivity index (χ2v) is 8.46. The first-order valence-electron chi connectivity index (χ1n) is 9.71. The normalized spacial score (nSPS) is 11.8. The Kier molecular flexibility index (Phi) is 8.26. The number of amides is 2. The maximum absolute atomic E-state index is 13.0. The summed E-state index contributed by atoms with van der Waals surface area (Å²) in [4.78, 5) is 27.1. The molecule has 0 aliphatic carbocycles. The molecule has 0 heterocycles. The fraction of sp³-hybridized carbons (Fsp3) is 0.391. The van der Waals surface area contributed by atoms with Crippen LogP contribution in [0.4, 0.5) is 0 Å². The van der Waals surface area contributed by atoms with Gasteiger partial charge in [-0.15, -0.1) is 0 Å². The largest absolute Gasteiger partial charge is 0.483 e. The van der Waals surface area contributed by atoms with E-state index in [9.17, 15) is 9.59 Å². The summed E-state index contributed by atoms with van der Waals surface area (Å²) < 4.78 is 6.73. The van der Waals surface area contributed by atoms with Crippen molar-refractivity contribution < 1.29 is 14.3 Å². The number of halogens is 1. The van der Waals surface area contributed by atoms with Crippen LogP contribution in [-0.2, 0) is 16.1 Å². The molecule has 156 valence electrons. The Morgan fingerprint density at radius 3 is 2.31 bits per heavy atom. The number of rotatable bonds is 8. The summed E-state index contributed by atoms with van der Waals surface area (Å²) in [5.74, 6) is 0.253. The molecule has 29 heavy (non-hydrogen) atoms. The van der Waals surface area contributed by atoms with Crippen LogP contribution in [0.1, 0.15) is 37.5 Å². The topological polar surface area (TPSA) is 58.6 Å². The van der Waals surface area contributed by atoms with Gasteiger partial charge < -0.3 is 15.0 Å². The molecule has 2 rings (SSSR count). The van der Waals surface area contributed by atoms with E-state index < -0.39 is 6.04 Å². The Morgan fingerprint density at radius 2 is 1.72 bits per heavy atom. The van der Waals surface area contributed by atoms with E-state index in [0.29, 0.717) is 12.3 Å². The minimum Gasteiger partial charge on any atom is -0.483 e. The van der Waals surface area contributed by atoms with E-state index >= 15 is 0 Å². The van der Waals surface area contributed by atoms with Gasteiger partial charge in [0, 0.05) is 17.1 Å². The first kappa shape index (κ1) is 22.9. The third-order valence-corrected chi connectivity index (χ3v) is 5.07. The molecule has 0 aromatic heterocycles. The van der Waals surface area contributed by atoms with Crippen molar-refractivity contribution in [1.29, 1.82) is 0 Å². The fourth-order valence-electron chi connectivity index (χ4n) is 2.96. The lowest BCUT2D eigenvalue weighted by Gasteiger charge is -2.29. The third kappa shape index (κ3) is 6.89. The highest BCUT2D eigenvalue weighted by molar-refractivity contribution is 9.10. The standard InChI is InChI=1S/C23H29BrN2O3/c1-15(2)25-23(28)18(5)26(13-19-7-9-20(24)10-8-19)22(27)14-29-21-11-6-16(3)12-17(21)4/h6-12,15,18H,13-14H2,1-5H3,(H,25,28)/t18-/m1/s1. The Balaban J connectivity index is 2.16. The van der Waals surface area contributed by atoms with Crippen molar-refractivity contribution in [3.05, 3.63) is 63.6 Å². The monoisotopic (exact) mass is 460 g/mol. The molecule has 0 saturated carbocycles. The van der Waals surface area contributed by atoms with E-state index in [1.54, 1.807) is 11.8 Å². The predicted octanol–water partition coefficient (Wildman–Crippen LogP) is 4.39. The molecular weight excluding hydrogens is 432 g/mol. The Hall–Kier alpha value is -2.34. The van der Waals surface area contributed by atoms with Crippen molar-refractivity contribution in [1.82, 2.24) is 10.2 Å². The van der Waals surface area contributed by atoms with Crippen LogP contribution in [0.2, 0.25) is 0 Å². The van der Waals surface area contributed by atoms with Crippen molar-refractivity contribution in [3.8, 4) is 5.75 Å². The van der Waals surface area contributed by atoms with Crippen molar-refractivity contribution in [3.63, 3.8) is 0 Å². The molecule has 1 atom stereocenters. The fourth-order valence-corrected chi connectivity index (χ4v) is 3.22. The van der Waals surface area contributed by atoms with Crippen LogP contribution in [0, 0.1) is 13.8 Å². The van der Waals surface area contributed by atoms with Gasteiger partial charge in [0.05, 0.1) is 0 Å². The van der Waals surface area contributed by atoms with Crippen LogP contribution in [0.15, 0.2) is 46.9 Å². The number of hydrogen-bond acceptors (Lipinski definition) is 3. The van der Waals surface area contributed by atoms with Gasteiger partial charge >= 0.3 is 0 Å². The van der Waals surface area contributed by atoms with E-state index in [1.165, 1.54) is 0 Å².